The van der Waals surface area contributed by atoms with Gasteiger partial charge < -0.3 is 10.6 Å². The second kappa shape index (κ2) is 5.60. The summed E-state index contributed by atoms with van der Waals surface area (Å²) >= 11 is 0. The highest BCUT2D eigenvalue weighted by Crippen LogP contribution is 2.38. The molecule has 1 aliphatic carbocycles. The van der Waals surface area contributed by atoms with Gasteiger partial charge in [0, 0.05) is 19.6 Å². The Morgan fingerprint density at radius 1 is 1.39 bits per heavy atom. The van der Waals surface area contributed by atoms with Crippen molar-refractivity contribution in [1.82, 2.24) is 10.6 Å². The molecule has 1 rings (SSSR count). The van der Waals surface area contributed by atoms with Crippen LogP contribution in [0.1, 0.15) is 53.9 Å². The molecule has 1 fully saturated rings. The Hall–Kier alpha value is -0.570. The highest BCUT2D eigenvalue weighted by Gasteiger charge is 2.34. The molecule has 0 heterocycles. The van der Waals surface area contributed by atoms with Crippen molar-refractivity contribution < 1.29 is 4.79 Å². The summed E-state index contributed by atoms with van der Waals surface area (Å²) in [6.07, 6.45) is 3.76. The van der Waals surface area contributed by atoms with E-state index in [-0.39, 0.29) is 11.3 Å². The molecule has 18 heavy (non-hydrogen) atoms. The van der Waals surface area contributed by atoms with E-state index >= 15 is 0 Å². The average molecular weight is 254 g/mol. The Morgan fingerprint density at radius 2 is 2.00 bits per heavy atom. The van der Waals surface area contributed by atoms with E-state index in [2.05, 4.69) is 31.4 Å². The van der Waals surface area contributed by atoms with Gasteiger partial charge in [0.25, 0.3) is 0 Å². The molecule has 2 unspecified atom stereocenters. The number of nitrogens with one attached hydrogen (secondary N) is 2. The van der Waals surface area contributed by atoms with E-state index in [4.69, 9.17) is 0 Å². The molecule has 1 saturated carbocycles. The first kappa shape index (κ1) is 15.5. The van der Waals surface area contributed by atoms with Gasteiger partial charge in [-0.1, -0.05) is 20.8 Å². The smallest absolute Gasteiger partial charge is 0.226 e. The fourth-order valence-electron chi connectivity index (χ4n) is 3.05. The van der Waals surface area contributed by atoms with Gasteiger partial charge in [-0.2, -0.15) is 0 Å². The van der Waals surface area contributed by atoms with Gasteiger partial charge in [0.1, 0.15) is 0 Å². The van der Waals surface area contributed by atoms with E-state index in [0.717, 1.165) is 6.54 Å². The van der Waals surface area contributed by atoms with Gasteiger partial charge in [0.2, 0.25) is 5.91 Å². The van der Waals surface area contributed by atoms with Crippen LogP contribution in [-0.4, -0.2) is 25.5 Å². The van der Waals surface area contributed by atoms with Crippen molar-refractivity contribution in [2.75, 3.05) is 13.6 Å². The highest BCUT2D eigenvalue weighted by molar-refractivity contribution is 5.81. The summed E-state index contributed by atoms with van der Waals surface area (Å²) in [5, 5.41) is 6.34. The number of carbonyl (C=O) groups is 1. The molecule has 3 heteroatoms. The lowest BCUT2D eigenvalue weighted by Crippen LogP contribution is -2.48. The Balaban J connectivity index is 2.47. The van der Waals surface area contributed by atoms with Crippen molar-refractivity contribution in [2.24, 2.45) is 16.7 Å². The SMILES string of the molecule is CNC(=O)C(C)(C)CNC1CCC(C)(C)CC1C. The lowest BCUT2D eigenvalue weighted by molar-refractivity contribution is -0.128. The Kier molecular flexibility index (Phi) is 4.82. The molecule has 0 aromatic carbocycles. The summed E-state index contributed by atoms with van der Waals surface area (Å²) in [6.45, 7) is 11.8. The maximum atomic E-state index is 11.7. The summed E-state index contributed by atoms with van der Waals surface area (Å²) in [6, 6.07) is 0.557. The van der Waals surface area contributed by atoms with E-state index in [9.17, 15) is 4.79 Å². The normalized spacial score (nSPS) is 27.9. The second-order valence-electron chi connectivity index (χ2n) is 7.33. The molecular formula is C15H30N2O. The lowest BCUT2D eigenvalue weighted by atomic mass is 9.70. The van der Waals surface area contributed by atoms with E-state index in [1.165, 1.54) is 19.3 Å². The number of carbonyl (C=O) groups excluding carboxylic acids is 1. The Bertz CT molecular complexity index is 297. The average Bonchev–Trinajstić information content (AvgIpc) is 2.25. The zero-order valence-corrected chi connectivity index (χ0v) is 12.9. The standard InChI is InChI=1S/C15H30N2O/c1-11-9-14(2,3)8-7-12(11)17-10-15(4,5)13(18)16-6/h11-12,17H,7-10H2,1-6H3,(H,16,18). The Labute approximate surface area is 112 Å². The topological polar surface area (TPSA) is 41.1 Å². The monoisotopic (exact) mass is 254 g/mol. The van der Waals surface area contributed by atoms with Crippen molar-refractivity contribution in [3.8, 4) is 0 Å². The van der Waals surface area contributed by atoms with Gasteiger partial charge in [-0.25, -0.2) is 0 Å². The minimum absolute atomic E-state index is 0.110. The third kappa shape index (κ3) is 3.98. The van der Waals surface area contributed by atoms with E-state index in [1.54, 1.807) is 7.05 Å². The maximum absolute atomic E-state index is 11.7. The quantitative estimate of drug-likeness (QED) is 0.809. The van der Waals surface area contributed by atoms with E-state index in [0.29, 0.717) is 17.4 Å². The van der Waals surface area contributed by atoms with Crippen LogP contribution in [0.3, 0.4) is 0 Å². The minimum atomic E-state index is -0.332. The van der Waals surface area contributed by atoms with Crippen molar-refractivity contribution in [3.05, 3.63) is 0 Å². The number of hydrogen-bond donors (Lipinski definition) is 2. The predicted molar refractivity (Wildman–Crippen MR) is 76.4 cm³/mol. The second-order valence-corrected chi connectivity index (χ2v) is 7.33. The molecule has 0 aromatic rings. The number of amides is 1. The first-order chi connectivity index (χ1) is 8.18. The molecule has 1 amide bonds. The summed E-state index contributed by atoms with van der Waals surface area (Å²) in [5.41, 5.74) is 0.148. The molecule has 2 N–H and O–H groups in total. The van der Waals surface area contributed by atoms with E-state index < -0.39 is 0 Å². The molecule has 3 nitrogen and oxygen atoms in total. The van der Waals surface area contributed by atoms with Crippen molar-refractivity contribution in [3.63, 3.8) is 0 Å². The first-order valence-corrected chi connectivity index (χ1v) is 7.13. The van der Waals surface area contributed by atoms with Gasteiger partial charge in [-0.05, 0) is 44.4 Å². The van der Waals surface area contributed by atoms with Gasteiger partial charge in [0.05, 0.1) is 5.41 Å². The molecule has 1 aliphatic rings. The molecule has 0 radical (unpaired) electrons. The molecular weight excluding hydrogens is 224 g/mol. The van der Waals surface area contributed by atoms with Crippen LogP contribution >= 0.6 is 0 Å². The van der Waals surface area contributed by atoms with Gasteiger partial charge in [0.15, 0.2) is 0 Å². The molecule has 106 valence electrons. The number of rotatable bonds is 4. The predicted octanol–water partition coefficient (Wildman–Crippen LogP) is 2.56. The van der Waals surface area contributed by atoms with Crippen LogP contribution in [0.15, 0.2) is 0 Å². The van der Waals surface area contributed by atoms with Crippen molar-refractivity contribution >= 4 is 5.91 Å². The van der Waals surface area contributed by atoms with Crippen molar-refractivity contribution in [2.45, 2.75) is 59.9 Å². The third-order valence-electron chi connectivity index (χ3n) is 4.34. The largest absolute Gasteiger partial charge is 0.359 e. The van der Waals surface area contributed by atoms with Gasteiger partial charge in [-0.3, -0.25) is 4.79 Å². The molecule has 0 spiro atoms. The van der Waals surface area contributed by atoms with Crippen LogP contribution in [0, 0.1) is 16.7 Å². The van der Waals surface area contributed by atoms with Crippen LogP contribution in [-0.2, 0) is 4.79 Å². The molecule has 0 bridgehead atoms. The zero-order valence-electron chi connectivity index (χ0n) is 12.9. The fraction of sp³-hybridized carbons (Fsp3) is 0.933. The number of hydrogen-bond acceptors (Lipinski definition) is 2. The summed E-state index contributed by atoms with van der Waals surface area (Å²) in [4.78, 5) is 11.7. The zero-order chi connectivity index (χ0) is 14.0. The Morgan fingerprint density at radius 3 is 2.50 bits per heavy atom. The summed E-state index contributed by atoms with van der Waals surface area (Å²) < 4.78 is 0. The first-order valence-electron chi connectivity index (χ1n) is 7.13. The lowest BCUT2D eigenvalue weighted by Gasteiger charge is -2.40. The maximum Gasteiger partial charge on any atom is 0.226 e. The highest BCUT2D eigenvalue weighted by atomic mass is 16.2. The van der Waals surface area contributed by atoms with Crippen LogP contribution < -0.4 is 10.6 Å². The third-order valence-corrected chi connectivity index (χ3v) is 4.34. The van der Waals surface area contributed by atoms with Crippen molar-refractivity contribution in [1.29, 1.82) is 0 Å². The van der Waals surface area contributed by atoms with Crippen LogP contribution in [0.4, 0.5) is 0 Å². The minimum Gasteiger partial charge on any atom is -0.359 e. The van der Waals surface area contributed by atoms with Gasteiger partial charge in [-0.15, -0.1) is 0 Å². The molecule has 2 atom stereocenters. The summed E-state index contributed by atoms with van der Waals surface area (Å²) in [7, 11) is 1.70. The summed E-state index contributed by atoms with van der Waals surface area (Å²) in [5.74, 6) is 0.799. The molecule has 0 aliphatic heterocycles. The molecule has 0 aromatic heterocycles. The van der Waals surface area contributed by atoms with Crippen LogP contribution in [0.2, 0.25) is 0 Å². The van der Waals surface area contributed by atoms with Gasteiger partial charge >= 0.3 is 0 Å². The van der Waals surface area contributed by atoms with E-state index in [1.807, 2.05) is 13.8 Å². The van der Waals surface area contributed by atoms with Crippen LogP contribution in [0.5, 0.6) is 0 Å². The van der Waals surface area contributed by atoms with Crippen LogP contribution in [0.25, 0.3) is 0 Å². The molecule has 0 saturated heterocycles. The fourth-order valence-corrected chi connectivity index (χ4v) is 3.05.